The topological polar surface area (TPSA) is 12.0 Å². The number of hydrogen-bond donors (Lipinski definition) is 1. The zero-order valence-electron chi connectivity index (χ0n) is 10.2. The van der Waals surface area contributed by atoms with Crippen LogP contribution in [-0.2, 0) is 0 Å². The quantitative estimate of drug-likeness (QED) is 0.774. The van der Waals surface area contributed by atoms with Gasteiger partial charge in [0.1, 0.15) is 11.6 Å². The molecule has 0 saturated heterocycles. The summed E-state index contributed by atoms with van der Waals surface area (Å²) in [4.78, 5) is 0. The van der Waals surface area contributed by atoms with Crippen molar-refractivity contribution >= 4 is 0 Å². The Kier molecular flexibility index (Phi) is 5.65. The Morgan fingerprint density at radius 1 is 1.35 bits per heavy atom. The highest BCUT2D eigenvalue weighted by Gasteiger charge is 2.14. The fraction of sp³-hybridized carbons (Fsp3) is 0.429. The van der Waals surface area contributed by atoms with E-state index in [9.17, 15) is 8.78 Å². The number of hydrogen-bond acceptors (Lipinski definition) is 1. The lowest BCUT2D eigenvalue weighted by Gasteiger charge is -2.17. The van der Waals surface area contributed by atoms with Crippen molar-refractivity contribution in [3.05, 3.63) is 35.4 Å². The van der Waals surface area contributed by atoms with Crippen LogP contribution >= 0.6 is 0 Å². The van der Waals surface area contributed by atoms with Crippen LogP contribution < -0.4 is 5.32 Å². The highest BCUT2D eigenvalue weighted by molar-refractivity contribution is 5.24. The highest BCUT2D eigenvalue weighted by Crippen LogP contribution is 2.21. The van der Waals surface area contributed by atoms with Crippen LogP contribution in [0.2, 0.25) is 0 Å². The normalized spacial score (nSPS) is 11.8. The first-order valence-corrected chi connectivity index (χ1v) is 5.77. The molecule has 0 aliphatic rings. The molecular formula is C14H17F2N. The smallest absolute Gasteiger partial charge is 0.128 e. The maximum Gasteiger partial charge on any atom is 0.128 e. The summed E-state index contributed by atoms with van der Waals surface area (Å²) in [7, 11) is 0. The molecule has 1 rings (SSSR count). The average molecular weight is 237 g/mol. The standard InChI is InChI=1S/C14H17F2N/c1-3-5-6-14(17-9-4-2)12-10-11(15)7-8-13(12)16/h7-8,10,14,17H,4,6,9H2,1-2H3. The van der Waals surface area contributed by atoms with E-state index in [-0.39, 0.29) is 6.04 Å². The summed E-state index contributed by atoms with van der Waals surface area (Å²) >= 11 is 0. The van der Waals surface area contributed by atoms with Gasteiger partial charge in [-0.3, -0.25) is 0 Å². The van der Waals surface area contributed by atoms with Crippen molar-refractivity contribution in [2.75, 3.05) is 6.54 Å². The predicted octanol–water partition coefficient (Wildman–Crippen LogP) is 3.42. The van der Waals surface area contributed by atoms with E-state index in [0.717, 1.165) is 25.1 Å². The van der Waals surface area contributed by atoms with Gasteiger partial charge in [-0.15, -0.1) is 11.8 Å². The van der Waals surface area contributed by atoms with E-state index in [1.165, 1.54) is 6.07 Å². The largest absolute Gasteiger partial charge is 0.309 e. The van der Waals surface area contributed by atoms with Crippen molar-refractivity contribution < 1.29 is 8.78 Å². The third kappa shape index (κ3) is 4.16. The Morgan fingerprint density at radius 2 is 2.12 bits per heavy atom. The zero-order chi connectivity index (χ0) is 12.7. The van der Waals surface area contributed by atoms with Crippen LogP contribution in [0.15, 0.2) is 18.2 Å². The number of nitrogens with one attached hydrogen (secondary N) is 1. The molecule has 1 aromatic rings. The molecule has 0 bridgehead atoms. The Bertz CT molecular complexity index is 418. The van der Waals surface area contributed by atoms with Crippen LogP contribution in [0.1, 0.15) is 38.3 Å². The lowest BCUT2D eigenvalue weighted by atomic mass is 10.0. The van der Waals surface area contributed by atoms with Crippen LogP contribution in [0.5, 0.6) is 0 Å². The third-order valence-corrected chi connectivity index (χ3v) is 2.46. The van der Waals surface area contributed by atoms with Gasteiger partial charge < -0.3 is 5.32 Å². The third-order valence-electron chi connectivity index (χ3n) is 2.46. The first kappa shape index (κ1) is 13.7. The van der Waals surface area contributed by atoms with Gasteiger partial charge in [0, 0.05) is 18.0 Å². The molecule has 0 aliphatic heterocycles. The van der Waals surface area contributed by atoms with E-state index in [1.54, 1.807) is 6.92 Å². The molecule has 92 valence electrons. The second kappa shape index (κ2) is 7.03. The molecule has 0 spiro atoms. The molecule has 0 radical (unpaired) electrons. The summed E-state index contributed by atoms with van der Waals surface area (Å²) in [5, 5.41) is 3.18. The Balaban J connectivity index is 2.92. The van der Waals surface area contributed by atoms with Gasteiger partial charge in [0.25, 0.3) is 0 Å². The zero-order valence-corrected chi connectivity index (χ0v) is 10.2. The summed E-state index contributed by atoms with van der Waals surface area (Å²) in [5.74, 6) is 4.86. The first-order chi connectivity index (χ1) is 8.19. The Hall–Kier alpha value is -1.40. The van der Waals surface area contributed by atoms with Crippen molar-refractivity contribution in [3.63, 3.8) is 0 Å². The van der Waals surface area contributed by atoms with Crippen LogP contribution in [0.4, 0.5) is 8.78 Å². The van der Waals surface area contributed by atoms with Gasteiger partial charge in [-0.25, -0.2) is 8.78 Å². The number of halogens is 2. The first-order valence-electron chi connectivity index (χ1n) is 5.77. The molecule has 0 fully saturated rings. The lowest BCUT2D eigenvalue weighted by molar-refractivity contribution is 0.499. The van der Waals surface area contributed by atoms with Crippen LogP contribution in [0, 0.1) is 23.5 Å². The minimum absolute atomic E-state index is 0.252. The summed E-state index contributed by atoms with van der Waals surface area (Å²) in [5.41, 5.74) is 0.348. The van der Waals surface area contributed by atoms with Crippen molar-refractivity contribution in [2.24, 2.45) is 0 Å². The van der Waals surface area contributed by atoms with Crippen LogP contribution in [0.3, 0.4) is 0 Å². The van der Waals surface area contributed by atoms with E-state index in [2.05, 4.69) is 17.2 Å². The van der Waals surface area contributed by atoms with Crippen LogP contribution in [-0.4, -0.2) is 6.54 Å². The lowest BCUT2D eigenvalue weighted by Crippen LogP contribution is -2.23. The molecule has 0 saturated carbocycles. The summed E-state index contributed by atoms with van der Waals surface area (Å²) < 4.78 is 26.7. The van der Waals surface area contributed by atoms with Gasteiger partial charge in [0.2, 0.25) is 0 Å². The Morgan fingerprint density at radius 3 is 2.76 bits per heavy atom. The van der Waals surface area contributed by atoms with Gasteiger partial charge in [0.05, 0.1) is 0 Å². The van der Waals surface area contributed by atoms with Crippen molar-refractivity contribution in [3.8, 4) is 11.8 Å². The minimum Gasteiger partial charge on any atom is -0.309 e. The number of rotatable bonds is 5. The SMILES string of the molecule is CC#CCC(NCCC)c1cc(F)ccc1F. The van der Waals surface area contributed by atoms with Gasteiger partial charge in [-0.1, -0.05) is 6.92 Å². The molecule has 1 nitrogen and oxygen atoms in total. The predicted molar refractivity (Wildman–Crippen MR) is 65.5 cm³/mol. The second-order valence-electron chi connectivity index (χ2n) is 3.80. The van der Waals surface area contributed by atoms with E-state index in [4.69, 9.17) is 0 Å². The molecule has 1 N–H and O–H groups in total. The van der Waals surface area contributed by atoms with Gasteiger partial charge in [-0.05, 0) is 38.1 Å². The molecule has 1 atom stereocenters. The van der Waals surface area contributed by atoms with E-state index >= 15 is 0 Å². The fourth-order valence-electron chi connectivity index (χ4n) is 1.60. The number of benzene rings is 1. The maximum absolute atomic E-state index is 13.6. The Labute approximate surface area is 101 Å². The maximum atomic E-state index is 13.6. The van der Waals surface area contributed by atoms with Crippen LogP contribution in [0.25, 0.3) is 0 Å². The van der Waals surface area contributed by atoms with E-state index in [0.29, 0.717) is 12.0 Å². The van der Waals surface area contributed by atoms with Crippen molar-refractivity contribution in [1.29, 1.82) is 0 Å². The van der Waals surface area contributed by atoms with E-state index < -0.39 is 11.6 Å². The second-order valence-corrected chi connectivity index (χ2v) is 3.80. The van der Waals surface area contributed by atoms with Gasteiger partial charge >= 0.3 is 0 Å². The fourth-order valence-corrected chi connectivity index (χ4v) is 1.60. The van der Waals surface area contributed by atoms with Gasteiger partial charge in [-0.2, -0.15) is 0 Å². The molecule has 3 heteroatoms. The van der Waals surface area contributed by atoms with Crippen molar-refractivity contribution in [2.45, 2.75) is 32.7 Å². The summed E-state index contributed by atoms with van der Waals surface area (Å²) in [6.07, 6.45) is 1.42. The van der Waals surface area contributed by atoms with Gasteiger partial charge in [0.15, 0.2) is 0 Å². The molecular weight excluding hydrogens is 220 g/mol. The van der Waals surface area contributed by atoms with E-state index in [1.807, 2.05) is 6.92 Å². The molecule has 1 unspecified atom stereocenters. The minimum atomic E-state index is -0.422. The molecule has 0 aromatic heterocycles. The summed E-state index contributed by atoms with van der Waals surface area (Å²) in [6.45, 7) is 4.52. The average Bonchev–Trinajstić information content (AvgIpc) is 2.33. The summed E-state index contributed by atoms with van der Waals surface area (Å²) in [6, 6.07) is 3.27. The molecule has 0 aliphatic carbocycles. The molecule has 0 heterocycles. The molecule has 17 heavy (non-hydrogen) atoms. The highest BCUT2D eigenvalue weighted by atomic mass is 19.1. The van der Waals surface area contributed by atoms with Crippen molar-refractivity contribution in [1.82, 2.24) is 5.32 Å². The molecule has 0 amide bonds. The molecule has 1 aromatic carbocycles. The monoisotopic (exact) mass is 237 g/mol.